The lowest BCUT2D eigenvalue weighted by molar-refractivity contribution is 0.0713. The SMILES string of the molecule is CCOc1ccc(S(=O)(=O)NC2CCN(C(=O)c3cccc4ccccc34)CC2)cc1. The van der Waals surface area contributed by atoms with Gasteiger partial charge < -0.3 is 9.64 Å². The average Bonchev–Trinajstić information content (AvgIpc) is 2.79. The zero-order valence-corrected chi connectivity index (χ0v) is 18.3. The van der Waals surface area contributed by atoms with E-state index in [1.165, 1.54) is 0 Å². The molecule has 1 fully saturated rings. The third-order valence-electron chi connectivity index (χ3n) is 5.57. The smallest absolute Gasteiger partial charge is 0.254 e. The highest BCUT2D eigenvalue weighted by molar-refractivity contribution is 7.89. The second-order valence-electron chi connectivity index (χ2n) is 7.62. The van der Waals surface area contributed by atoms with Crippen molar-refractivity contribution in [3.05, 3.63) is 72.3 Å². The highest BCUT2D eigenvalue weighted by atomic mass is 32.2. The fourth-order valence-electron chi connectivity index (χ4n) is 3.95. The number of likely N-dealkylation sites (tertiary alicyclic amines) is 1. The standard InChI is InChI=1S/C24H26N2O4S/c1-2-30-20-10-12-21(13-11-20)31(28,29)25-19-14-16-26(17-15-19)24(27)23-9-5-7-18-6-3-4-8-22(18)23/h3-13,19,25H,2,14-17H2,1H3. The van der Waals surface area contributed by atoms with Gasteiger partial charge in [-0.1, -0.05) is 36.4 Å². The maximum atomic E-state index is 13.1. The summed E-state index contributed by atoms with van der Waals surface area (Å²) >= 11 is 0. The number of rotatable bonds is 6. The fourth-order valence-corrected chi connectivity index (χ4v) is 5.26. The molecule has 0 unspecified atom stereocenters. The zero-order valence-electron chi connectivity index (χ0n) is 17.5. The van der Waals surface area contributed by atoms with Crippen molar-refractivity contribution in [3.63, 3.8) is 0 Å². The van der Waals surface area contributed by atoms with Gasteiger partial charge in [0, 0.05) is 24.7 Å². The van der Waals surface area contributed by atoms with Crippen LogP contribution in [0, 0.1) is 0 Å². The van der Waals surface area contributed by atoms with Crippen LogP contribution in [0.2, 0.25) is 0 Å². The molecular weight excluding hydrogens is 412 g/mol. The van der Waals surface area contributed by atoms with E-state index >= 15 is 0 Å². The maximum absolute atomic E-state index is 13.1. The molecule has 0 atom stereocenters. The van der Waals surface area contributed by atoms with Crippen molar-refractivity contribution in [2.24, 2.45) is 0 Å². The Morgan fingerprint density at radius 2 is 1.68 bits per heavy atom. The highest BCUT2D eigenvalue weighted by Crippen LogP contribution is 2.23. The van der Waals surface area contributed by atoms with Gasteiger partial charge in [0.25, 0.3) is 5.91 Å². The van der Waals surface area contributed by atoms with E-state index in [2.05, 4.69) is 4.72 Å². The fraction of sp³-hybridized carbons (Fsp3) is 0.292. The molecule has 4 rings (SSSR count). The molecule has 1 heterocycles. The van der Waals surface area contributed by atoms with Gasteiger partial charge in [-0.15, -0.1) is 0 Å². The van der Waals surface area contributed by atoms with Crippen molar-refractivity contribution in [2.75, 3.05) is 19.7 Å². The Labute approximate surface area is 182 Å². The third-order valence-corrected chi connectivity index (χ3v) is 7.11. The van der Waals surface area contributed by atoms with E-state index < -0.39 is 10.0 Å². The first kappa shape index (κ1) is 21.3. The number of ether oxygens (including phenoxy) is 1. The summed E-state index contributed by atoms with van der Waals surface area (Å²) in [6.07, 6.45) is 1.15. The number of benzene rings is 3. The third kappa shape index (κ3) is 4.73. The molecule has 0 radical (unpaired) electrons. The van der Waals surface area contributed by atoms with E-state index in [4.69, 9.17) is 4.74 Å². The van der Waals surface area contributed by atoms with Crippen molar-refractivity contribution in [2.45, 2.75) is 30.7 Å². The molecule has 0 aliphatic carbocycles. The van der Waals surface area contributed by atoms with Crippen molar-refractivity contribution in [1.82, 2.24) is 9.62 Å². The number of carbonyl (C=O) groups excluding carboxylic acids is 1. The van der Waals surface area contributed by atoms with Gasteiger partial charge in [-0.25, -0.2) is 13.1 Å². The van der Waals surface area contributed by atoms with Crippen LogP contribution in [0.1, 0.15) is 30.1 Å². The van der Waals surface area contributed by atoms with Crippen molar-refractivity contribution < 1.29 is 17.9 Å². The minimum absolute atomic E-state index is 0.00961. The molecule has 0 bridgehead atoms. The van der Waals surface area contributed by atoms with E-state index in [1.54, 1.807) is 24.3 Å². The monoisotopic (exact) mass is 438 g/mol. The molecular formula is C24H26N2O4S. The van der Waals surface area contributed by atoms with Crippen molar-refractivity contribution >= 4 is 26.7 Å². The lowest BCUT2D eigenvalue weighted by atomic mass is 10.0. The van der Waals surface area contributed by atoms with Crippen LogP contribution in [0.5, 0.6) is 5.75 Å². The van der Waals surface area contributed by atoms with E-state index in [9.17, 15) is 13.2 Å². The van der Waals surface area contributed by atoms with Gasteiger partial charge in [0.15, 0.2) is 0 Å². The Balaban J connectivity index is 1.39. The predicted octanol–water partition coefficient (Wildman–Crippen LogP) is 3.82. The Kier molecular flexibility index (Phi) is 6.25. The molecule has 6 nitrogen and oxygen atoms in total. The summed E-state index contributed by atoms with van der Waals surface area (Å²) in [5.74, 6) is 0.631. The molecule has 0 aromatic heterocycles. The topological polar surface area (TPSA) is 75.7 Å². The van der Waals surface area contributed by atoms with Crippen molar-refractivity contribution in [3.8, 4) is 5.75 Å². The average molecular weight is 439 g/mol. The first-order valence-corrected chi connectivity index (χ1v) is 12.0. The number of amides is 1. The number of hydrogen-bond acceptors (Lipinski definition) is 4. The van der Waals surface area contributed by atoms with Crippen LogP contribution >= 0.6 is 0 Å². The summed E-state index contributed by atoms with van der Waals surface area (Å²) in [7, 11) is -3.62. The van der Waals surface area contributed by atoms with Crippen LogP contribution in [0.25, 0.3) is 10.8 Å². The first-order chi connectivity index (χ1) is 15.0. The summed E-state index contributed by atoms with van der Waals surface area (Å²) in [5.41, 5.74) is 0.687. The molecule has 1 aliphatic rings. The predicted molar refractivity (Wildman–Crippen MR) is 121 cm³/mol. The lowest BCUT2D eigenvalue weighted by Crippen LogP contribution is -2.46. The molecule has 3 aromatic carbocycles. The summed E-state index contributed by atoms with van der Waals surface area (Å²) in [5, 5.41) is 1.97. The van der Waals surface area contributed by atoms with E-state index in [0.717, 1.165) is 10.8 Å². The minimum atomic E-state index is -3.62. The largest absolute Gasteiger partial charge is 0.494 e. The molecule has 3 aromatic rings. The number of hydrogen-bond donors (Lipinski definition) is 1. The van der Waals surface area contributed by atoms with Crippen LogP contribution in [0.15, 0.2) is 71.6 Å². The Bertz CT molecular complexity index is 1160. The number of carbonyl (C=O) groups is 1. The summed E-state index contributed by atoms with van der Waals surface area (Å²) in [6.45, 7) is 3.43. The Hall–Kier alpha value is -2.90. The summed E-state index contributed by atoms with van der Waals surface area (Å²) < 4.78 is 33.6. The number of fused-ring (bicyclic) bond motifs is 1. The van der Waals surface area contributed by atoms with Gasteiger partial charge >= 0.3 is 0 Å². The molecule has 1 aliphatic heterocycles. The molecule has 0 saturated carbocycles. The maximum Gasteiger partial charge on any atom is 0.254 e. The molecule has 162 valence electrons. The zero-order chi connectivity index (χ0) is 21.8. The van der Waals surface area contributed by atoms with Crippen LogP contribution in [0.4, 0.5) is 0 Å². The highest BCUT2D eigenvalue weighted by Gasteiger charge is 2.27. The van der Waals surface area contributed by atoms with Gasteiger partial charge in [0.05, 0.1) is 11.5 Å². The molecule has 31 heavy (non-hydrogen) atoms. The van der Waals surface area contributed by atoms with Crippen LogP contribution in [0.3, 0.4) is 0 Å². The second kappa shape index (κ2) is 9.08. The van der Waals surface area contributed by atoms with Crippen LogP contribution < -0.4 is 9.46 Å². The summed E-state index contributed by atoms with van der Waals surface area (Å²) in [6, 6.07) is 19.8. The molecule has 7 heteroatoms. The first-order valence-electron chi connectivity index (χ1n) is 10.5. The summed E-state index contributed by atoms with van der Waals surface area (Å²) in [4.78, 5) is 15.1. The van der Waals surface area contributed by atoms with E-state index in [1.807, 2.05) is 54.3 Å². The molecule has 0 spiro atoms. The van der Waals surface area contributed by atoms with Gasteiger partial charge in [-0.05, 0) is 60.9 Å². The van der Waals surface area contributed by atoms with Crippen molar-refractivity contribution in [1.29, 1.82) is 0 Å². The molecule has 1 amide bonds. The number of piperidine rings is 1. The second-order valence-corrected chi connectivity index (χ2v) is 9.33. The van der Waals surface area contributed by atoms with Gasteiger partial charge in [0.1, 0.15) is 5.75 Å². The van der Waals surface area contributed by atoms with Crippen LogP contribution in [-0.2, 0) is 10.0 Å². The van der Waals surface area contributed by atoms with Gasteiger partial charge in [-0.2, -0.15) is 0 Å². The van der Waals surface area contributed by atoms with Gasteiger partial charge in [0.2, 0.25) is 10.0 Å². The number of nitrogens with zero attached hydrogens (tertiary/aromatic N) is 1. The Morgan fingerprint density at radius 3 is 2.39 bits per heavy atom. The Morgan fingerprint density at radius 1 is 1.00 bits per heavy atom. The normalized spacial score (nSPS) is 15.2. The van der Waals surface area contributed by atoms with E-state index in [-0.39, 0.29) is 16.8 Å². The minimum Gasteiger partial charge on any atom is -0.494 e. The quantitative estimate of drug-likeness (QED) is 0.635. The van der Waals surface area contributed by atoms with E-state index in [0.29, 0.717) is 43.9 Å². The van der Waals surface area contributed by atoms with Gasteiger partial charge in [-0.3, -0.25) is 4.79 Å². The number of sulfonamides is 1. The molecule has 1 saturated heterocycles. The number of nitrogens with one attached hydrogen (secondary N) is 1. The molecule has 1 N–H and O–H groups in total. The van der Waals surface area contributed by atoms with Crippen LogP contribution in [-0.4, -0.2) is 45.0 Å². The lowest BCUT2D eigenvalue weighted by Gasteiger charge is -2.32.